The van der Waals surface area contributed by atoms with Gasteiger partial charge in [-0.1, -0.05) is 6.92 Å². The van der Waals surface area contributed by atoms with E-state index in [2.05, 4.69) is 29.4 Å². The minimum absolute atomic E-state index is 0.0911. The number of hydrogen-bond acceptors (Lipinski definition) is 3. The molecule has 3 unspecified atom stereocenters. The lowest BCUT2D eigenvalue weighted by Gasteiger charge is -2.28. The predicted molar refractivity (Wildman–Crippen MR) is 51.8 cm³/mol. The van der Waals surface area contributed by atoms with E-state index < -0.39 is 0 Å². The fourth-order valence-corrected chi connectivity index (χ4v) is 1.77. The van der Waals surface area contributed by atoms with Crippen molar-refractivity contribution in [1.82, 2.24) is 0 Å². The van der Waals surface area contributed by atoms with Crippen molar-refractivity contribution in [3.63, 3.8) is 0 Å². The average molecular weight is 178 g/mol. The maximum absolute atomic E-state index is 10.1. The van der Waals surface area contributed by atoms with E-state index in [0.717, 1.165) is 19.3 Å². The van der Waals surface area contributed by atoms with E-state index >= 15 is 0 Å². The van der Waals surface area contributed by atoms with Crippen molar-refractivity contribution in [3.8, 4) is 0 Å². The second-order valence-electron chi connectivity index (χ2n) is 3.52. The molecule has 3 nitrogen and oxygen atoms in total. The number of isocyanates is 1. The maximum Gasteiger partial charge on any atom is 0.235 e. The molecule has 1 fully saturated rings. The van der Waals surface area contributed by atoms with E-state index in [0.29, 0.717) is 5.92 Å². The van der Waals surface area contributed by atoms with Crippen LogP contribution in [0, 0.1) is 5.92 Å². The first-order valence-corrected chi connectivity index (χ1v) is 4.56. The highest BCUT2D eigenvalue weighted by atomic mass is 16.1. The summed E-state index contributed by atoms with van der Waals surface area (Å²) < 4.78 is 0. The van der Waals surface area contributed by atoms with Gasteiger partial charge in [-0.25, -0.2) is 14.8 Å². The number of nitrogens with zero attached hydrogens (tertiary/aromatic N) is 2. The molecule has 0 spiro atoms. The van der Waals surface area contributed by atoms with E-state index in [1.807, 2.05) is 0 Å². The Bertz CT molecular complexity index is 262. The van der Waals surface area contributed by atoms with Crippen LogP contribution >= 0.6 is 0 Å². The molecule has 0 saturated heterocycles. The lowest BCUT2D eigenvalue weighted by molar-refractivity contribution is 0.303. The summed E-state index contributed by atoms with van der Waals surface area (Å²) in [5, 5.41) is 0. The lowest BCUT2D eigenvalue weighted by atomic mass is 9.83. The summed E-state index contributed by atoms with van der Waals surface area (Å²) in [7, 11) is 0. The molecule has 0 N–H and O–H groups in total. The van der Waals surface area contributed by atoms with Crippen LogP contribution < -0.4 is 0 Å². The Balaban J connectivity index is 2.62. The normalized spacial score (nSPS) is 32.8. The summed E-state index contributed by atoms with van der Waals surface area (Å²) in [5.41, 5.74) is 0. The van der Waals surface area contributed by atoms with Crippen LogP contribution in [0.4, 0.5) is 0 Å². The monoisotopic (exact) mass is 178 g/mol. The average Bonchev–Trinajstić information content (AvgIpc) is 2.12. The van der Waals surface area contributed by atoms with Crippen molar-refractivity contribution < 1.29 is 4.79 Å². The molecule has 0 heterocycles. The smallest absolute Gasteiger partial charge is 0.235 e. The van der Waals surface area contributed by atoms with Crippen LogP contribution in [-0.2, 0) is 4.79 Å². The SMILES string of the molecule is C=C=NC1CCC(C)C(N=C=O)C1. The summed E-state index contributed by atoms with van der Waals surface area (Å²) in [5.74, 6) is 3.02. The highest BCUT2D eigenvalue weighted by Crippen LogP contribution is 2.27. The first kappa shape index (κ1) is 9.91. The first-order chi connectivity index (χ1) is 6.27. The third-order valence-corrected chi connectivity index (χ3v) is 2.62. The quantitative estimate of drug-likeness (QED) is 0.469. The van der Waals surface area contributed by atoms with E-state index in [9.17, 15) is 4.79 Å². The highest BCUT2D eigenvalue weighted by Gasteiger charge is 2.26. The Morgan fingerprint density at radius 2 is 2.15 bits per heavy atom. The van der Waals surface area contributed by atoms with Gasteiger partial charge in [-0.15, -0.1) is 0 Å². The van der Waals surface area contributed by atoms with Crippen LogP contribution in [0.25, 0.3) is 0 Å². The van der Waals surface area contributed by atoms with Gasteiger partial charge in [0.2, 0.25) is 6.08 Å². The minimum Gasteiger partial charge on any atom is -0.240 e. The molecule has 13 heavy (non-hydrogen) atoms. The van der Waals surface area contributed by atoms with Crippen molar-refractivity contribution in [2.45, 2.75) is 38.3 Å². The Morgan fingerprint density at radius 1 is 1.38 bits per heavy atom. The Morgan fingerprint density at radius 3 is 2.77 bits per heavy atom. The zero-order chi connectivity index (χ0) is 9.68. The molecule has 1 aliphatic rings. The number of hydrogen-bond donors (Lipinski definition) is 0. The van der Waals surface area contributed by atoms with Crippen LogP contribution in [0.5, 0.6) is 0 Å². The fourth-order valence-electron chi connectivity index (χ4n) is 1.77. The van der Waals surface area contributed by atoms with Gasteiger partial charge >= 0.3 is 0 Å². The van der Waals surface area contributed by atoms with Gasteiger partial charge in [0.1, 0.15) is 0 Å². The summed E-state index contributed by atoms with van der Waals surface area (Å²) in [6.07, 6.45) is 4.57. The molecule has 0 radical (unpaired) electrons. The van der Waals surface area contributed by atoms with Crippen molar-refractivity contribution in [2.75, 3.05) is 0 Å². The van der Waals surface area contributed by atoms with Gasteiger partial charge in [-0.05, 0) is 37.6 Å². The molecule has 70 valence electrons. The number of rotatable bonds is 2. The first-order valence-electron chi connectivity index (χ1n) is 4.56. The molecule has 3 atom stereocenters. The molecular weight excluding hydrogens is 164 g/mol. The summed E-state index contributed by atoms with van der Waals surface area (Å²) in [6, 6.07) is 0.337. The fraction of sp³-hybridized carbons (Fsp3) is 0.700. The van der Waals surface area contributed by atoms with E-state index in [4.69, 9.17) is 0 Å². The predicted octanol–water partition coefficient (Wildman–Crippen LogP) is 1.74. The Kier molecular flexibility index (Phi) is 3.63. The zero-order valence-corrected chi connectivity index (χ0v) is 7.86. The van der Waals surface area contributed by atoms with Crippen molar-refractivity contribution in [3.05, 3.63) is 6.58 Å². The zero-order valence-electron chi connectivity index (χ0n) is 7.86. The van der Waals surface area contributed by atoms with Gasteiger partial charge in [0, 0.05) is 0 Å². The van der Waals surface area contributed by atoms with E-state index in [1.165, 1.54) is 0 Å². The van der Waals surface area contributed by atoms with Crippen LogP contribution in [0.2, 0.25) is 0 Å². The standard InChI is InChI=1S/C10H14N2O/c1-3-11-9-5-4-8(2)10(6-9)12-7-13/h8-10H,1,4-6H2,2H3. The maximum atomic E-state index is 10.1. The molecule has 0 aromatic heterocycles. The van der Waals surface area contributed by atoms with Crippen LogP contribution in [-0.4, -0.2) is 24.0 Å². The molecular formula is C10H14N2O. The Labute approximate surface area is 78.3 Å². The second-order valence-corrected chi connectivity index (χ2v) is 3.52. The minimum atomic E-state index is 0.0911. The molecule has 0 bridgehead atoms. The van der Waals surface area contributed by atoms with Crippen LogP contribution in [0.1, 0.15) is 26.2 Å². The van der Waals surface area contributed by atoms with Gasteiger partial charge in [-0.2, -0.15) is 0 Å². The van der Waals surface area contributed by atoms with Crippen molar-refractivity contribution in [1.29, 1.82) is 0 Å². The number of aliphatic imine (C=N–C) groups is 2. The third-order valence-electron chi connectivity index (χ3n) is 2.62. The molecule has 1 rings (SSSR count). The number of carbonyl (C=O) groups excluding carboxylic acids is 1. The van der Waals surface area contributed by atoms with Gasteiger partial charge in [0.15, 0.2) is 0 Å². The van der Waals surface area contributed by atoms with E-state index in [1.54, 1.807) is 6.08 Å². The second kappa shape index (κ2) is 4.76. The van der Waals surface area contributed by atoms with Crippen molar-refractivity contribution in [2.24, 2.45) is 15.9 Å². The molecule has 0 amide bonds. The van der Waals surface area contributed by atoms with Gasteiger partial charge in [-0.3, -0.25) is 0 Å². The van der Waals surface area contributed by atoms with Crippen LogP contribution in [0.15, 0.2) is 16.6 Å². The van der Waals surface area contributed by atoms with Crippen LogP contribution in [0.3, 0.4) is 0 Å². The molecule has 1 saturated carbocycles. The lowest BCUT2D eigenvalue weighted by Crippen LogP contribution is -2.28. The van der Waals surface area contributed by atoms with Gasteiger partial charge in [0.05, 0.1) is 12.1 Å². The summed E-state index contributed by atoms with van der Waals surface area (Å²) in [4.78, 5) is 18.0. The molecule has 0 aromatic rings. The highest BCUT2D eigenvalue weighted by molar-refractivity contribution is 5.46. The summed E-state index contributed by atoms with van der Waals surface area (Å²) in [6.45, 7) is 5.56. The van der Waals surface area contributed by atoms with Crippen molar-refractivity contribution >= 4 is 11.9 Å². The third kappa shape index (κ3) is 2.66. The molecule has 0 aliphatic heterocycles. The summed E-state index contributed by atoms with van der Waals surface area (Å²) >= 11 is 0. The largest absolute Gasteiger partial charge is 0.240 e. The topological polar surface area (TPSA) is 41.8 Å². The molecule has 3 heteroatoms. The molecule has 1 aliphatic carbocycles. The van der Waals surface area contributed by atoms with Gasteiger partial charge in [0.25, 0.3) is 0 Å². The molecule has 0 aromatic carbocycles. The van der Waals surface area contributed by atoms with Gasteiger partial charge < -0.3 is 0 Å². The Hall–Kier alpha value is -1.17. The van der Waals surface area contributed by atoms with E-state index in [-0.39, 0.29) is 12.1 Å².